The molecule has 8 heteroatoms. The first-order chi connectivity index (χ1) is 14.5. The van der Waals surface area contributed by atoms with E-state index in [1.165, 1.54) is 0 Å². The highest BCUT2D eigenvalue weighted by Gasteiger charge is 2.24. The van der Waals surface area contributed by atoms with Crippen LogP contribution in [0.5, 0.6) is 0 Å². The fourth-order valence-corrected chi connectivity index (χ4v) is 3.54. The number of ether oxygens (including phenoxy) is 1. The van der Waals surface area contributed by atoms with E-state index in [1.54, 1.807) is 42.2 Å². The number of hydrogen-bond donors (Lipinski definition) is 2. The van der Waals surface area contributed by atoms with Crippen LogP contribution < -0.4 is 5.32 Å². The van der Waals surface area contributed by atoms with E-state index >= 15 is 0 Å². The van der Waals surface area contributed by atoms with Crippen molar-refractivity contribution in [3.05, 3.63) is 70.9 Å². The molecule has 2 N–H and O–H groups in total. The number of benzene rings is 2. The number of aromatic amines is 1. The number of amides is 1. The largest absolute Gasteiger partial charge is 0.456 e. The molecule has 156 valence electrons. The van der Waals surface area contributed by atoms with Gasteiger partial charge in [-0.1, -0.05) is 29.8 Å². The molecule has 0 spiro atoms. The molecule has 0 aliphatic heterocycles. The number of aromatic nitrogens is 1. The number of thioether (sulfide) groups is 1. The Morgan fingerprint density at radius 3 is 2.60 bits per heavy atom. The summed E-state index contributed by atoms with van der Waals surface area (Å²) in [6.07, 6.45) is 3.90. The van der Waals surface area contributed by atoms with Crippen LogP contribution in [-0.4, -0.2) is 47.3 Å². The van der Waals surface area contributed by atoms with Gasteiger partial charge >= 0.3 is 5.97 Å². The Morgan fingerprint density at radius 2 is 1.87 bits per heavy atom. The molecule has 1 heterocycles. The second-order valence-electron chi connectivity index (χ2n) is 6.59. The maximum atomic E-state index is 12.6. The molecule has 0 radical (unpaired) electrons. The van der Waals surface area contributed by atoms with Gasteiger partial charge in [-0.05, 0) is 48.8 Å². The Bertz CT molecular complexity index is 1050. The van der Waals surface area contributed by atoms with Crippen LogP contribution >= 0.6 is 23.4 Å². The molecule has 1 atom stereocenters. The van der Waals surface area contributed by atoms with Crippen LogP contribution in [0, 0.1) is 0 Å². The predicted octanol–water partition coefficient (Wildman–Crippen LogP) is 4.10. The molecule has 3 rings (SSSR count). The molecular weight excluding hydrogens is 424 g/mol. The van der Waals surface area contributed by atoms with Crippen LogP contribution in [0.3, 0.4) is 0 Å². The van der Waals surface area contributed by atoms with Crippen LogP contribution in [0.25, 0.3) is 10.9 Å². The second kappa shape index (κ2) is 10.3. The molecule has 0 saturated heterocycles. The zero-order chi connectivity index (χ0) is 21.5. The highest BCUT2D eigenvalue weighted by Crippen LogP contribution is 2.18. The smallest absolute Gasteiger partial charge is 0.329 e. The van der Waals surface area contributed by atoms with Crippen molar-refractivity contribution in [2.24, 2.45) is 0 Å². The fourth-order valence-electron chi connectivity index (χ4n) is 2.94. The molecule has 0 saturated carbocycles. The van der Waals surface area contributed by atoms with Gasteiger partial charge in [0.1, 0.15) is 6.04 Å². The number of halogens is 1. The molecular formula is C22H21ClN2O4S. The molecule has 1 amide bonds. The van der Waals surface area contributed by atoms with Crippen molar-refractivity contribution in [3.63, 3.8) is 0 Å². The van der Waals surface area contributed by atoms with E-state index < -0.39 is 24.5 Å². The minimum absolute atomic E-state index is 0.312. The molecule has 0 fully saturated rings. The van der Waals surface area contributed by atoms with Gasteiger partial charge < -0.3 is 15.0 Å². The SMILES string of the molecule is CSCCC(NC(=O)c1ccc(Cl)cc1)C(=O)OCC(=O)c1c[nH]c2ccccc12. The summed E-state index contributed by atoms with van der Waals surface area (Å²) in [6.45, 7) is -0.396. The highest BCUT2D eigenvalue weighted by molar-refractivity contribution is 7.98. The first-order valence-corrected chi connectivity index (χ1v) is 11.1. The number of fused-ring (bicyclic) bond motifs is 1. The Kier molecular flexibility index (Phi) is 7.54. The van der Waals surface area contributed by atoms with E-state index in [9.17, 15) is 14.4 Å². The third-order valence-corrected chi connectivity index (χ3v) is 5.44. The average molecular weight is 445 g/mol. The third-order valence-electron chi connectivity index (χ3n) is 4.54. The lowest BCUT2D eigenvalue weighted by Gasteiger charge is -2.17. The van der Waals surface area contributed by atoms with Crippen molar-refractivity contribution in [2.75, 3.05) is 18.6 Å². The van der Waals surface area contributed by atoms with Crippen molar-refractivity contribution in [3.8, 4) is 0 Å². The van der Waals surface area contributed by atoms with Crippen LogP contribution in [0.2, 0.25) is 5.02 Å². The number of rotatable bonds is 9. The lowest BCUT2D eigenvalue weighted by Crippen LogP contribution is -2.42. The van der Waals surface area contributed by atoms with E-state index in [2.05, 4.69) is 10.3 Å². The third kappa shape index (κ3) is 5.43. The van der Waals surface area contributed by atoms with Gasteiger partial charge in [-0.25, -0.2) is 4.79 Å². The normalized spacial score (nSPS) is 11.8. The number of Topliss-reactive ketones (excluding diaryl/α,β-unsaturated/α-hetero) is 1. The van der Waals surface area contributed by atoms with Crippen LogP contribution in [0.1, 0.15) is 27.1 Å². The van der Waals surface area contributed by atoms with E-state index in [4.69, 9.17) is 16.3 Å². The summed E-state index contributed by atoms with van der Waals surface area (Å²) in [5, 5.41) is 3.97. The zero-order valence-corrected chi connectivity index (χ0v) is 17.9. The molecule has 2 aromatic carbocycles. The van der Waals surface area contributed by atoms with Gasteiger partial charge in [-0.3, -0.25) is 9.59 Å². The average Bonchev–Trinajstić information content (AvgIpc) is 3.19. The minimum atomic E-state index is -0.851. The molecule has 1 unspecified atom stereocenters. The van der Waals surface area contributed by atoms with Crippen molar-refractivity contribution in [1.29, 1.82) is 0 Å². The van der Waals surface area contributed by atoms with Crippen LogP contribution in [0.4, 0.5) is 0 Å². The highest BCUT2D eigenvalue weighted by atomic mass is 35.5. The van der Waals surface area contributed by atoms with Gasteiger partial charge in [-0.2, -0.15) is 11.8 Å². The van der Waals surface area contributed by atoms with Crippen molar-refractivity contribution in [2.45, 2.75) is 12.5 Å². The van der Waals surface area contributed by atoms with Crippen molar-refractivity contribution < 1.29 is 19.1 Å². The van der Waals surface area contributed by atoms with E-state index in [-0.39, 0.29) is 5.78 Å². The first kappa shape index (κ1) is 21.9. The lowest BCUT2D eigenvalue weighted by atomic mass is 10.1. The van der Waals surface area contributed by atoms with Crippen LogP contribution in [0.15, 0.2) is 54.7 Å². The Labute approximate surface area is 183 Å². The molecule has 1 aromatic heterocycles. The summed E-state index contributed by atoms with van der Waals surface area (Å²) in [6, 6.07) is 12.9. The molecule has 0 bridgehead atoms. The quantitative estimate of drug-likeness (QED) is 0.383. The number of carbonyl (C=O) groups excluding carboxylic acids is 3. The second-order valence-corrected chi connectivity index (χ2v) is 8.02. The maximum Gasteiger partial charge on any atom is 0.329 e. The number of ketones is 1. The van der Waals surface area contributed by atoms with Gasteiger partial charge in [0.2, 0.25) is 5.78 Å². The number of H-pyrrole nitrogens is 1. The first-order valence-electron chi connectivity index (χ1n) is 9.31. The minimum Gasteiger partial charge on any atom is -0.456 e. The summed E-state index contributed by atoms with van der Waals surface area (Å²) in [5.41, 5.74) is 1.68. The molecule has 0 aliphatic carbocycles. The van der Waals surface area contributed by atoms with Gasteiger partial charge in [0, 0.05) is 33.2 Å². The number of esters is 1. The zero-order valence-electron chi connectivity index (χ0n) is 16.3. The molecule has 6 nitrogen and oxygen atoms in total. The Balaban J connectivity index is 1.63. The van der Waals surface area contributed by atoms with E-state index in [0.717, 1.165) is 10.9 Å². The summed E-state index contributed by atoms with van der Waals surface area (Å²) >= 11 is 7.40. The Hall–Kier alpha value is -2.77. The topological polar surface area (TPSA) is 88.3 Å². The monoisotopic (exact) mass is 444 g/mol. The number of nitrogens with one attached hydrogen (secondary N) is 2. The summed E-state index contributed by atoms with van der Waals surface area (Å²) in [7, 11) is 0. The standard InChI is InChI=1S/C22H21ClN2O4S/c1-30-11-10-19(25-21(27)14-6-8-15(23)9-7-14)22(28)29-13-20(26)17-12-24-18-5-3-2-4-16(17)18/h2-9,12,19,24H,10-11,13H2,1H3,(H,25,27). The van der Waals surface area contributed by atoms with Gasteiger partial charge in [0.25, 0.3) is 5.91 Å². The Morgan fingerprint density at radius 1 is 1.13 bits per heavy atom. The molecule has 3 aromatic rings. The summed E-state index contributed by atoms with van der Waals surface area (Å²) < 4.78 is 5.24. The fraction of sp³-hybridized carbons (Fsp3) is 0.227. The van der Waals surface area contributed by atoms with Crippen LogP contribution in [-0.2, 0) is 9.53 Å². The summed E-state index contributed by atoms with van der Waals surface area (Å²) in [4.78, 5) is 40.6. The van der Waals surface area contributed by atoms with Crippen molar-refractivity contribution in [1.82, 2.24) is 10.3 Å². The van der Waals surface area contributed by atoms with Gasteiger partial charge in [-0.15, -0.1) is 0 Å². The van der Waals surface area contributed by atoms with Crippen molar-refractivity contribution >= 4 is 51.9 Å². The molecule has 30 heavy (non-hydrogen) atoms. The maximum absolute atomic E-state index is 12.6. The number of carbonyl (C=O) groups is 3. The number of hydrogen-bond acceptors (Lipinski definition) is 5. The van der Waals surface area contributed by atoms with Gasteiger partial charge in [0.15, 0.2) is 6.61 Å². The molecule has 0 aliphatic rings. The van der Waals surface area contributed by atoms with Gasteiger partial charge in [0.05, 0.1) is 0 Å². The van der Waals surface area contributed by atoms with E-state index in [1.807, 2.05) is 30.5 Å². The van der Waals surface area contributed by atoms with E-state index in [0.29, 0.717) is 28.3 Å². The predicted molar refractivity (Wildman–Crippen MR) is 119 cm³/mol. The lowest BCUT2D eigenvalue weighted by molar-refractivity contribution is -0.144. The number of para-hydroxylation sites is 1. The summed E-state index contributed by atoms with van der Waals surface area (Å²) in [5.74, 6) is -0.706.